The summed E-state index contributed by atoms with van der Waals surface area (Å²) in [6.07, 6.45) is 4.31. The largest absolute Gasteiger partial charge is 0.478 e. The summed E-state index contributed by atoms with van der Waals surface area (Å²) in [6, 6.07) is 4.46. The van der Waals surface area contributed by atoms with E-state index in [1.165, 1.54) is 24.5 Å². The normalized spacial score (nSPS) is 17.8. The molecule has 3 rings (SSSR count). The van der Waals surface area contributed by atoms with E-state index in [0.29, 0.717) is 13.1 Å². The Morgan fingerprint density at radius 2 is 2.17 bits per heavy atom. The first-order chi connectivity index (χ1) is 11.5. The van der Waals surface area contributed by atoms with Crippen molar-refractivity contribution >= 4 is 11.9 Å². The lowest BCUT2D eigenvalue weighted by Gasteiger charge is -2.33. The maximum atomic E-state index is 14.0. The van der Waals surface area contributed by atoms with Gasteiger partial charge in [-0.05, 0) is 37.5 Å². The molecule has 6 nitrogen and oxygen atoms in total. The predicted octanol–water partition coefficient (Wildman–Crippen LogP) is 2.51. The summed E-state index contributed by atoms with van der Waals surface area (Å²) in [5, 5.41) is 13.1. The predicted molar refractivity (Wildman–Crippen MR) is 84.5 cm³/mol. The highest BCUT2D eigenvalue weighted by molar-refractivity contribution is 5.94. The molecular weight excluding hydrogens is 313 g/mol. The van der Waals surface area contributed by atoms with Crippen molar-refractivity contribution in [2.24, 2.45) is 0 Å². The summed E-state index contributed by atoms with van der Waals surface area (Å²) in [5.74, 6) is -1.90. The number of aryl methyl sites for hydroxylation is 1. The van der Waals surface area contributed by atoms with Crippen LogP contribution in [0.4, 0.5) is 4.39 Å². The minimum absolute atomic E-state index is 0.0629. The van der Waals surface area contributed by atoms with Crippen molar-refractivity contribution in [3.05, 3.63) is 53.1 Å². The molecule has 1 N–H and O–H groups in total. The second-order valence-electron chi connectivity index (χ2n) is 6.04. The van der Waals surface area contributed by atoms with Gasteiger partial charge < -0.3 is 10.0 Å². The molecule has 1 amide bonds. The molecular formula is C17H18FN3O3. The molecule has 1 atom stereocenters. The zero-order valence-electron chi connectivity index (χ0n) is 13.3. The van der Waals surface area contributed by atoms with Gasteiger partial charge in [-0.15, -0.1) is 0 Å². The maximum Gasteiger partial charge on any atom is 0.338 e. The highest BCUT2D eigenvalue weighted by Gasteiger charge is 2.27. The first-order valence-electron chi connectivity index (χ1n) is 7.78. The molecule has 2 heterocycles. The van der Waals surface area contributed by atoms with Gasteiger partial charge in [-0.3, -0.25) is 9.48 Å². The molecule has 126 valence electrons. The molecule has 0 unspecified atom stereocenters. The third kappa shape index (κ3) is 3.15. The Hall–Kier alpha value is -2.70. The fraction of sp³-hybridized carbons (Fsp3) is 0.353. The molecule has 1 fully saturated rings. The van der Waals surface area contributed by atoms with Crippen LogP contribution in [0.2, 0.25) is 0 Å². The summed E-state index contributed by atoms with van der Waals surface area (Å²) in [7, 11) is 0. The molecule has 0 bridgehead atoms. The number of hydrogen-bond donors (Lipinski definition) is 1. The molecule has 0 aliphatic carbocycles. The van der Waals surface area contributed by atoms with Gasteiger partial charge in [0, 0.05) is 19.3 Å². The topological polar surface area (TPSA) is 75.4 Å². The summed E-state index contributed by atoms with van der Waals surface area (Å²) >= 11 is 0. The maximum absolute atomic E-state index is 14.0. The summed E-state index contributed by atoms with van der Waals surface area (Å²) < 4.78 is 15.6. The second kappa shape index (κ2) is 6.43. The van der Waals surface area contributed by atoms with Crippen LogP contribution in [0.5, 0.6) is 0 Å². The highest BCUT2D eigenvalue weighted by Crippen LogP contribution is 2.23. The van der Waals surface area contributed by atoms with E-state index in [9.17, 15) is 14.0 Å². The smallest absolute Gasteiger partial charge is 0.338 e. The van der Waals surface area contributed by atoms with Gasteiger partial charge in [0.05, 0.1) is 23.4 Å². The van der Waals surface area contributed by atoms with E-state index in [1.54, 1.807) is 22.6 Å². The molecule has 1 saturated heterocycles. The van der Waals surface area contributed by atoms with Gasteiger partial charge in [0.1, 0.15) is 5.82 Å². The molecule has 0 spiro atoms. The Morgan fingerprint density at radius 3 is 2.83 bits per heavy atom. The summed E-state index contributed by atoms with van der Waals surface area (Å²) in [5.41, 5.74) is 0.939. The number of carbonyl (C=O) groups excluding carboxylic acids is 1. The van der Waals surface area contributed by atoms with Gasteiger partial charge in [-0.2, -0.15) is 5.10 Å². The summed E-state index contributed by atoms with van der Waals surface area (Å²) in [4.78, 5) is 25.1. The quantitative estimate of drug-likeness (QED) is 0.938. The minimum Gasteiger partial charge on any atom is -0.478 e. The number of halogens is 1. The lowest BCUT2D eigenvalue weighted by atomic mass is 10.0. The Morgan fingerprint density at radius 1 is 1.38 bits per heavy atom. The molecule has 1 aliphatic rings. The number of likely N-dealkylation sites (tertiary alicyclic amines) is 1. The monoisotopic (exact) mass is 331 g/mol. The van der Waals surface area contributed by atoms with E-state index in [4.69, 9.17) is 5.11 Å². The number of rotatable bonds is 3. The second-order valence-corrected chi connectivity index (χ2v) is 6.04. The fourth-order valence-corrected chi connectivity index (χ4v) is 2.97. The van der Waals surface area contributed by atoms with E-state index >= 15 is 0 Å². The molecule has 0 saturated carbocycles. The number of hydrogen-bond acceptors (Lipinski definition) is 3. The van der Waals surface area contributed by atoms with Crippen molar-refractivity contribution in [2.45, 2.75) is 25.8 Å². The van der Waals surface area contributed by atoms with Gasteiger partial charge in [0.2, 0.25) is 0 Å². The fourth-order valence-electron chi connectivity index (χ4n) is 2.97. The van der Waals surface area contributed by atoms with E-state index in [2.05, 4.69) is 5.10 Å². The van der Waals surface area contributed by atoms with Crippen LogP contribution < -0.4 is 0 Å². The lowest BCUT2D eigenvalue weighted by molar-refractivity contribution is 0.0662. The van der Waals surface area contributed by atoms with Crippen molar-refractivity contribution in [3.8, 4) is 0 Å². The minimum atomic E-state index is -1.04. The van der Waals surface area contributed by atoms with Gasteiger partial charge in [-0.25, -0.2) is 9.18 Å². The van der Waals surface area contributed by atoms with Gasteiger partial charge in [-0.1, -0.05) is 6.07 Å². The molecule has 24 heavy (non-hydrogen) atoms. The van der Waals surface area contributed by atoms with Crippen molar-refractivity contribution in [2.75, 3.05) is 13.1 Å². The van der Waals surface area contributed by atoms with E-state index < -0.39 is 11.8 Å². The number of carbonyl (C=O) groups is 2. The van der Waals surface area contributed by atoms with Crippen LogP contribution >= 0.6 is 0 Å². The molecule has 1 aliphatic heterocycles. The van der Waals surface area contributed by atoms with Crippen LogP contribution in [0.3, 0.4) is 0 Å². The Kier molecular flexibility index (Phi) is 4.33. The number of piperidine rings is 1. The van der Waals surface area contributed by atoms with E-state index in [1.807, 2.05) is 0 Å². The Bertz CT molecular complexity index is 787. The van der Waals surface area contributed by atoms with Crippen LogP contribution in [-0.2, 0) is 0 Å². The molecule has 1 aromatic carbocycles. The highest BCUT2D eigenvalue weighted by atomic mass is 19.1. The number of amides is 1. The van der Waals surface area contributed by atoms with Gasteiger partial charge in [0.15, 0.2) is 0 Å². The zero-order chi connectivity index (χ0) is 17.3. The van der Waals surface area contributed by atoms with Crippen LogP contribution in [0.25, 0.3) is 0 Å². The van der Waals surface area contributed by atoms with Crippen molar-refractivity contribution in [1.29, 1.82) is 0 Å². The zero-order valence-corrected chi connectivity index (χ0v) is 13.3. The number of benzene rings is 1. The average Bonchev–Trinajstić information content (AvgIpc) is 3.05. The van der Waals surface area contributed by atoms with E-state index in [-0.39, 0.29) is 23.1 Å². The van der Waals surface area contributed by atoms with E-state index in [0.717, 1.165) is 18.4 Å². The molecule has 0 radical (unpaired) electrons. The third-order valence-corrected chi connectivity index (χ3v) is 4.26. The van der Waals surface area contributed by atoms with Gasteiger partial charge in [0.25, 0.3) is 5.91 Å². The van der Waals surface area contributed by atoms with Crippen molar-refractivity contribution in [1.82, 2.24) is 14.7 Å². The average molecular weight is 331 g/mol. The number of nitrogens with zero attached hydrogens (tertiary/aromatic N) is 3. The lowest BCUT2D eigenvalue weighted by Crippen LogP contribution is -2.41. The molecule has 7 heteroatoms. The number of carboxylic acid groups (broad SMARTS) is 1. The first-order valence-corrected chi connectivity index (χ1v) is 7.78. The van der Waals surface area contributed by atoms with Crippen LogP contribution in [-0.4, -0.2) is 44.8 Å². The van der Waals surface area contributed by atoms with Crippen molar-refractivity contribution < 1.29 is 19.1 Å². The van der Waals surface area contributed by atoms with Crippen LogP contribution in [0.15, 0.2) is 30.6 Å². The Balaban J connectivity index is 1.77. The summed E-state index contributed by atoms with van der Waals surface area (Å²) in [6.45, 7) is 2.70. The number of aromatic carboxylic acids is 1. The SMILES string of the molecule is Cc1ccc(C(=O)N2CCC[C@H](n3cc(C(=O)O)cn3)C2)c(F)c1. The van der Waals surface area contributed by atoms with Gasteiger partial charge >= 0.3 is 5.97 Å². The third-order valence-electron chi connectivity index (χ3n) is 4.26. The number of carboxylic acids is 1. The standard InChI is InChI=1S/C17H18FN3O3/c1-11-4-5-14(15(18)7-11)16(22)20-6-2-3-13(10-20)21-9-12(8-19-21)17(23)24/h4-5,7-9,13H,2-3,6,10H2,1H3,(H,23,24)/t13-/m0/s1. The molecule has 2 aromatic rings. The number of aromatic nitrogens is 2. The molecule has 1 aromatic heterocycles. The van der Waals surface area contributed by atoms with Crippen LogP contribution in [0, 0.1) is 12.7 Å². The van der Waals surface area contributed by atoms with Crippen molar-refractivity contribution in [3.63, 3.8) is 0 Å². The Labute approximate surface area is 138 Å². The first kappa shape index (κ1) is 16.2. The van der Waals surface area contributed by atoms with Crippen LogP contribution in [0.1, 0.15) is 45.2 Å².